The molecule has 2 heterocycles. The van der Waals surface area contributed by atoms with Crippen LogP contribution in [0.5, 0.6) is 0 Å². The van der Waals surface area contributed by atoms with Crippen molar-refractivity contribution in [2.24, 2.45) is 0 Å². The van der Waals surface area contributed by atoms with Crippen LogP contribution in [0.15, 0.2) is 176 Å². The summed E-state index contributed by atoms with van der Waals surface area (Å²) < 4.78 is 5.19. The Morgan fingerprint density at radius 1 is 0.353 bits per heavy atom. The summed E-state index contributed by atoms with van der Waals surface area (Å²) in [6, 6.07) is 64.2. The van der Waals surface area contributed by atoms with Crippen molar-refractivity contribution in [2.45, 2.75) is 6.92 Å². The van der Waals surface area contributed by atoms with E-state index < -0.39 is 0 Å². The number of rotatable bonds is 6. The third-order valence-corrected chi connectivity index (χ3v) is 12.2. The topological polar surface area (TPSA) is 6.48 Å². The number of hydrogen-bond acceptors (Lipinski definition) is 4. The smallest absolute Gasteiger partial charge is 0.0643 e. The van der Waals surface area contributed by atoms with E-state index in [2.05, 4.69) is 193 Å². The summed E-state index contributed by atoms with van der Waals surface area (Å²) in [7, 11) is 0. The summed E-state index contributed by atoms with van der Waals surface area (Å²) in [5.74, 6) is 0. The van der Waals surface area contributed by atoms with Crippen LogP contribution in [-0.4, -0.2) is 0 Å². The Labute approximate surface area is 304 Å². The molecule has 0 aliphatic carbocycles. The number of fused-ring (bicyclic) bond motifs is 7. The van der Waals surface area contributed by atoms with Gasteiger partial charge in [-0.3, -0.25) is 0 Å². The number of thiophene rings is 2. The number of hydrogen-bond donors (Lipinski definition) is 0. The molecule has 0 saturated carbocycles. The average molecular weight is 689 g/mol. The highest BCUT2D eigenvalue weighted by molar-refractivity contribution is 7.26. The molecular formula is C47H32N2S2. The van der Waals surface area contributed by atoms with E-state index in [1.165, 1.54) is 62.4 Å². The van der Waals surface area contributed by atoms with Crippen LogP contribution in [0.1, 0.15) is 5.56 Å². The molecule has 51 heavy (non-hydrogen) atoms. The maximum Gasteiger partial charge on any atom is 0.0643 e. The van der Waals surface area contributed by atoms with Crippen molar-refractivity contribution in [3.05, 3.63) is 181 Å². The zero-order chi connectivity index (χ0) is 33.9. The van der Waals surface area contributed by atoms with E-state index in [1.54, 1.807) is 0 Å². The first-order chi connectivity index (χ1) is 25.2. The Balaban J connectivity index is 1.18. The van der Waals surface area contributed by atoms with Crippen LogP contribution >= 0.6 is 22.7 Å². The highest BCUT2D eigenvalue weighted by Crippen LogP contribution is 2.48. The van der Waals surface area contributed by atoms with E-state index in [0.717, 1.165) is 28.4 Å². The monoisotopic (exact) mass is 688 g/mol. The second-order valence-electron chi connectivity index (χ2n) is 13.1. The summed E-state index contributed by atoms with van der Waals surface area (Å²) >= 11 is 3.74. The van der Waals surface area contributed by atoms with Crippen molar-refractivity contribution in [3.8, 4) is 0 Å². The van der Waals surface area contributed by atoms with Gasteiger partial charge in [0.1, 0.15) is 0 Å². The Morgan fingerprint density at radius 2 is 0.902 bits per heavy atom. The van der Waals surface area contributed by atoms with E-state index in [9.17, 15) is 0 Å². The third kappa shape index (κ3) is 5.15. The van der Waals surface area contributed by atoms with Gasteiger partial charge in [0, 0.05) is 64.1 Å². The lowest BCUT2D eigenvalue weighted by atomic mass is 10.0. The molecule has 0 aliphatic rings. The molecular weight excluding hydrogens is 657 g/mol. The van der Waals surface area contributed by atoms with Gasteiger partial charge in [-0.2, -0.15) is 0 Å². The first-order valence-corrected chi connectivity index (χ1v) is 18.9. The Hall–Kier alpha value is -5.94. The molecule has 0 atom stereocenters. The molecule has 0 unspecified atom stereocenters. The quantitative estimate of drug-likeness (QED) is 0.172. The fourth-order valence-electron chi connectivity index (χ4n) is 7.49. The zero-order valence-electron chi connectivity index (χ0n) is 28.0. The molecule has 0 spiro atoms. The van der Waals surface area contributed by atoms with Gasteiger partial charge >= 0.3 is 0 Å². The maximum atomic E-state index is 2.45. The molecule has 10 rings (SSSR count). The predicted octanol–water partition coefficient (Wildman–Crippen LogP) is 14.8. The van der Waals surface area contributed by atoms with Gasteiger partial charge in [-0.25, -0.2) is 0 Å². The Bertz CT molecular complexity index is 2890. The average Bonchev–Trinajstić information content (AvgIpc) is 3.74. The van der Waals surface area contributed by atoms with E-state index in [0.29, 0.717) is 0 Å². The molecule has 8 aromatic carbocycles. The molecule has 0 radical (unpaired) electrons. The molecule has 4 heteroatoms. The second-order valence-corrected chi connectivity index (χ2v) is 15.2. The van der Waals surface area contributed by atoms with E-state index >= 15 is 0 Å². The van der Waals surface area contributed by atoms with E-state index in [-0.39, 0.29) is 0 Å². The predicted molar refractivity (Wildman–Crippen MR) is 224 cm³/mol. The lowest BCUT2D eigenvalue weighted by Crippen LogP contribution is -2.10. The minimum atomic E-state index is 1.13. The van der Waals surface area contributed by atoms with Crippen molar-refractivity contribution in [1.82, 2.24) is 0 Å². The Kier molecular flexibility index (Phi) is 7.12. The van der Waals surface area contributed by atoms with Crippen LogP contribution in [0.25, 0.3) is 51.1 Å². The number of anilines is 6. The van der Waals surface area contributed by atoms with Crippen LogP contribution in [0.3, 0.4) is 0 Å². The van der Waals surface area contributed by atoms with Crippen molar-refractivity contribution < 1.29 is 0 Å². The van der Waals surface area contributed by atoms with Crippen molar-refractivity contribution in [2.75, 3.05) is 9.80 Å². The van der Waals surface area contributed by atoms with Gasteiger partial charge < -0.3 is 9.80 Å². The molecule has 0 bridgehead atoms. The summed E-state index contributed by atoms with van der Waals surface area (Å²) in [4.78, 5) is 4.83. The summed E-state index contributed by atoms with van der Waals surface area (Å²) in [5, 5.41) is 7.63. The fraction of sp³-hybridized carbons (Fsp3) is 0.0213. The van der Waals surface area contributed by atoms with Gasteiger partial charge in [0.25, 0.3) is 0 Å². The van der Waals surface area contributed by atoms with Crippen LogP contribution in [0.2, 0.25) is 0 Å². The minimum Gasteiger partial charge on any atom is -0.310 e. The second kappa shape index (κ2) is 12.1. The van der Waals surface area contributed by atoms with Crippen molar-refractivity contribution in [1.29, 1.82) is 0 Å². The molecule has 2 aromatic heterocycles. The zero-order valence-corrected chi connectivity index (χ0v) is 29.6. The summed E-state index contributed by atoms with van der Waals surface area (Å²) in [6.45, 7) is 2.22. The molecule has 0 N–H and O–H groups in total. The standard InChI is InChI=1S/C47H32N2S2/c1-31-26-42-41-29-37(48(34-14-4-2-5-15-34)36-21-20-32-12-8-9-13-33(32)28-36)22-25-46(41)51-47(42)43(27-31)49(35-16-6-3-7-17-35)38-23-24-45-40(30-38)39-18-10-11-19-44(39)50-45/h2-30H,1H3. The highest BCUT2D eigenvalue weighted by Gasteiger charge is 2.21. The molecule has 10 aromatic rings. The summed E-state index contributed by atoms with van der Waals surface area (Å²) in [5.41, 5.74) is 8.16. The SMILES string of the molecule is Cc1cc(N(c2ccccc2)c2ccc3sc4ccccc4c3c2)c2sc3ccc(N(c4ccccc4)c4ccc5ccccc5c4)cc3c2c1. The van der Waals surface area contributed by atoms with Gasteiger partial charge in [-0.15, -0.1) is 22.7 Å². The van der Waals surface area contributed by atoms with Crippen LogP contribution in [-0.2, 0) is 0 Å². The minimum absolute atomic E-state index is 1.13. The molecule has 0 aliphatic heterocycles. The molecule has 0 amide bonds. The van der Waals surface area contributed by atoms with Crippen molar-refractivity contribution >= 4 is 108 Å². The van der Waals surface area contributed by atoms with Gasteiger partial charge in [-0.05, 0) is 114 Å². The lowest BCUT2D eigenvalue weighted by Gasteiger charge is -2.27. The van der Waals surface area contributed by atoms with E-state index in [1.807, 2.05) is 22.7 Å². The third-order valence-electron chi connectivity index (χ3n) is 9.82. The van der Waals surface area contributed by atoms with Gasteiger partial charge in [0.05, 0.1) is 10.4 Å². The molecule has 0 saturated heterocycles. The largest absolute Gasteiger partial charge is 0.310 e. The van der Waals surface area contributed by atoms with Gasteiger partial charge in [0.2, 0.25) is 0 Å². The fourth-order valence-corrected chi connectivity index (χ4v) is 9.75. The van der Waals surface area contributed by atoms with Crippen molar-refractivity contribution in [3.63, 3.8) is 0 Å². The Morgan fingerprint density at radius 3 is 1.67 bits per heavy atom. The molecule has 242 valence electrons. The number of aryl methyl sites for hydroxylation is 1. The number of nitrogens with zero attached hydrogens (tertiary/aromatic N) is 2. The van der Waals surface area contributed by atoms with Gasteiger partial charge in [-0.1, -0.05) is 84.9 Å². The van der Waals surface area contributed by atoms with E-state index in [4.69, 9.17) is 0 Å². The lowest BCUT2D eigenvalue weighted by molar-refractivity contribution is 1.29. The number of benzene rings is 8. The normalized spacial score (nSPS) is 11.6. The van der Waals surface area contributed by atoms with Crippen LogP contribution in [0.4, 0.5) is 34.1 Å². The summed E-state index contributed by atoms with van der Waals surface area (Å²) in [6.07, 6.45) is 0. The highest BCUT2D eigenvalue weighted by atomic mass is 32.1. The van der Waals surface area contributed by atoms with Gasteiger partial charge in [0.15, 0.2) is 0 Å². The van der Waals surface area contributed by atoms with Crippen LogP contribution < -0.4 is 9.80 Å². The maximum absolute atomic E-state index is 2.45. The first kappa shape index (κ1) is 29.9. The first-order valence-electron chi connectivity index (χ1n) is 17.3. The molecule has 0 fully saturated rings. The number of para-hydroxylation sites is 2. The molecule has 2 nitrogen and oxygen atoms in total. The van der Waals surface area contributed by atoms with Crippen LogP contribution in [0, 0.1) is 6.92 Å².